The summed E-state index contributed by atoms with van der Waals surface area (Å²) in [5, 5.41) is 0. The summed E-state index contributed by atoms with van der Waals surface area (Å²) in [5.41, 5.74) is 0.783. The first-order valence-corrected chi connectivity index (χ1v) is 13.1. The predicted molar refractivity (Wildman–Crippen MR) is 123 cm³/mol. The molecule has 7 nitrogen and oxygen atoms in total. The number of hydrogen-bond donors (Lipinski definition) is 0. The molecule has 0 N–H and O–H groups in total. The maximum atomic E-state index is 13.4. The molecule has 0 bridgehead atoms. The van der Waals surface area contributed by atoms with E-state index in [-0.39, 0.29) is 42.5 Å². The zero-order valence-electron chi connectivity index (χ0n) is 19.4. The summed E-state index contributed by atoms with van der Waals surface area (Å²) in [6, 6.07) is 5.89. The standard InChI is InChI=1S/C23H36FN3O4S/c1-4-13-26(32(30,31)16-5-2)18-23(29)27(17-19-7-9-20(24)10-8-19)21-11-14-25(15-12-21)22(28)6-3/h7-10,21H,4-6,11-18H2,1-3H3. The minimum Gasteiger partial charge on any atom is -0.343 e. The molecule has 0 unspecified atom stereocenters. The summed E-state index contributed by atoms with van der Waals surface area (Å²) in [6.45, 7) is 7.02. The molecule has 1 saturated heterocycles. The molecule has 0 aromatic heterocycles. The summed E-state index contributed by atoms with van der Waals surface area (Å²) >= 11 is 0. The molecular formula is C23H36FN3O4S. The highest BCUT2D eigenvalue weighted by molar-refractivity contribution is 7.89. The van der Waals surface area contributed by atoms with Crippen molar-refractivity contribution in [2.45, 2.75) is 65.5 Å². The largest absolute Gasteiger partial charge is 0.343 e. The van der Waals surface area contributed by atoms with E-state index in [2.05, 4.69) is 0 Å². The lowest BCUT2D eigenvalue weighted by Gasteiger charge is -2.39. The van der Waals surface area contributed by atoms with Gasteiger partial charge in [-0.1, -0.05) is 32.9 Å². The number of likely N-dealkylation sites (tertiary alicyclic amines) is 1. The van der Waals surface area contributed by atoms with Crippen LogP contribution in [0.15, 0.2) is 24.3 Å². The van der Waals surface area contributed by atoms with Gasteiger partial charge in [-0.2, -0.15) is 4.31 Å². The van der Waals surface area contributed by atoms with Crippen LogP contribution < -0.4 is 0 Å². The van der Waals surface area contributed by atoms with E-state index in [0.717, 1.165) is 5.56 Å². The van der Waals surface area contributed by atoms with Crippen LogP contribution in [0.5, 0.6) is 0 Å². The van der Waals surface area contributed by atoms with E-state index in [0.29, 0.717) is 51.7 Å². The van der Waals surface area contributed by atoms with Crippen LogP contribution in [0.2, 0.25) is 0 Å². The van der Waals surface area contributed by atoms with Gasteiger partial charge in [0.1, 0.15) is 5.82 Å². The molecule has 32 heavy (non-hydrogen) atoms. The predicted octanol–water partition coefficient (Wildman–Crippen LogP) is 3.01. The van der Waals surface area contributed by atoms with Gasteiger partial charge < -0.3 is 9.80 Å². The lowest BCUT2D eigenvalue weighted by Crippen LogP contribution is -2.51. The van der Waals surface area contributed by atoms with Gasteiger partial charge in [0.2, 0.25) is 21.8 Å². The van der Waals surface area contributed by atoms with Crippen molar-refractivity contribution in [1.82, 2.24) is 14.1 Å². The van der Waals surface area contributed by atoms with Crippen LogP contribution in [0.25, 0.3) is 0 Å². The first kappa shape index (κ1) is 26.3. The second-order valence-electron chi connectivity index (χ2n) is 8.26. The Hall–Kier alpha value is -2.00. The van der Waals surface area contributed by atoms with E-state index < -0.39 is 10.0 Å². The molecule has 2 rings (SSSR count). The highest BCUT2D eigenvalue weighted by Crippen LogP contribution is 2.21. The number of amides is 2. The van der Waals surface area contributed by atoms with Crippen molar-refractivity contribution in [2.24, 2.45) is 0 Å². The van der Waals surface area contributed by atoms with Gasteiger partial charge in [0, 0.05) is 38.6 Å². The van der Waals surface area contributed by atoms with E-state index in [1.165, 1.54) is 16.4 Å². The van der Waals surface area contributed by atoms with E-state index in [1.54, 1.807) is 24.0 Å². The summed E-state index contributed by atoms with van der Waals surface area (Å²) in [6.07, 6.45) is 2.82. The van der Waals surface area contributed by atoms with Crippen LogP contribution in [0.4, 0.5) is 4.39 Å². The summed E-state index contributed by atoms with van der Waals surface area (Å²) in [4.78, 5) is 28.9. The Morgan fingerprint density at radius 2 is 1.69 bits per heavy atom. The number of carbonyl (C=O) groups excluding carboxylic acids is 2. The van der Waals surface area contributed by atoms with Crippen LogP contribution in [0, 0.1) is 5.82 Å². The molecule has 0 saturated carbocycles. The van der Waals surface area contributed by atoms with Crippen LogP contribution in [-0.2, 0) is 26.2 Å². The van der Waals surface area contributed by atoms with Gasteiger partial charge in [0.05, 0.1) is 12.3 Å². The molecule has 1 aromatic carbocycles. The number of halogens is 1. The molecule has 1 heterocycles. The summed E-state index contributed by atoms with van der Waals surface area (Å²) in [5.74, 6) is -0.504. The van der Waals surface area contributed by atoms with Crippen molar-refractivity contribution in [1.29, 1.82) is 0 Å². The third-order valence-corrected chi connectivity index (χ3v) is 7.81. The molecule has 0 atom stereocenters. The molecule has 1 fully saturated rings. The first-order valence-electron chi connectivity index (χ1n) is 11.5. The van der Waals surface area contributed by atoms with Gasteiger partial charge >= 0.3 is 0 Å². The molecule has 0 radical (unpaired) electrons. The normalized spacial score (nSPS) is 15.2. The highest BCUT2D eigenvalue weighted by atomic mass is 32.2. The second-order valence-corrected chi connectivity index (χ2v) is 10.4. The number of sulfonamides is 1. The van der Waals surface area contributed by atoms with E-state index in [9.17, 15) is 22.4 Å². The molecular weight excluding hydrogens is 433 g/mol. The molecule has 0 aliphatic carbocycles. The van der Waals surface area contributed by atoms with Gasteiger partial charge in [0.15, 0.2) is 0 Å². The Morgan fingerprint density at radius 3 is 2.22 bits per heavy atom. The van der Waals surface area contributed by atoms with Crippen molar-refractivity contribution in [3.05, 3.63) is 35.6 Å². The smallest absolute Gasteiger partial charge is 0.238 e. The van der Waals surface area contributed by atoms with Gasteiger partial charge in [-0.15, -0.1) is 0 Å². The maximum Gasteiger partial charge on any atom is 0.238 e. The van der Waals surface area contributed by atoms with Crippen LogP contribution in [0.1, 0.15) is 58.4 Å². The van der Waals surface area contributed by atoms with Crippen molar-refractivity contribution in [3.8, 4) is 0 Å². The fourth-order valence-corrected chi connectivity index (χ4v) is 5.59. The fourth-order valence-electron chi connectivity index (χ4n) is 4.05. The molecule has 1 aromatic rings. The number of benzene rings is 1. The average molecular weight is 470 g/mol. The number of hydrogen-bond acceptors (Lipinski definition) is 4. The average Bonchev–Trinajstić information content (AvgIpc) is 2.78. The quantitative estimate of drug-likeness (QED) is 0.499. The lowest BCUT2D eigenvalue weighted by atomic mass is 10.0. The van der Waals surface area contributed by atoms with Crippen molar-refractivity contribution in [3.63, 3.8) is 0 Å². The maximum absolute atomic E-state index is 13.4. The van der Waals surface area contributed by atoms with E-state index in [4.69, 9.17) is 0 Å². The Balaban J connectivity index is 2.21. The molecule has 1 aliphatic rings. The van der Waals surface area contributed by atoms with E-state index >= 15 is 0 Å². The number of rotatable bonds is 11. The van der Waals surface area contributed by atoms with Gasteiger partial charge in [-0.25, -0.2) is 12.8 Å². The van der Waals surface area contributed by atoms with Crippen LogP contribution >= 0.6 is 0 Å². The summed E-state index contributed by atoms with van der Waals surface area (Å²) < 4.78 is 40.0. The van der Waals surface area contributed by atoms with Gasteiger partial charge in [0.25, 0.3) is 0 Å². The highest BCUT2D eigenvalue weighted by Gasteiger charge is 2.32. The van der Waals surface area contributed by atoms with Crippen molar-refractivity contribution < 1.29 is 22.4 Å². The second kappa shape index (κ2) is 12.3. The third kappa shape index (κ3) is 7.27. The Bertz CT molecular complexity index is 852. The molecule has 1 aliphatic heterocycles. The van der Waals surface area contributed by atoms with Crippen molar-refractivity contribution >= 4 is 21.8 Å². The van der Waals surface area contributed by atoms with Crippen LogP contribution in [-0.4, -0.2) is 72.3 Å². The number of piperidine rings is 1. The zero-order chi connectivity index (χ0) is 23.7. The van der Waals surface area contributed by atoms with Gasteiger partial charge in [-0.3, -0.25) is 9.59 Å². The molecule has 9 heteroatoms. The SMILES string of the molecule is CCCN(CC(=O)N(Cc1ccc(F)cc1)C1CCN(C(=O)CC)CC1)S(=O)(=O)CCC. The van der Waals surface area contributed by atoms with Gasteiger partial charge in [-0.05, 0) is 43.4 Å². The Labute approximate surface area is 191 Å². The van der Waals surface area contributed by atoms with Crippen molar-refractivity contribution in [2.75, 3.05) is 31.9 Å². The minimum atomic E-state index is -3.51. The topological polar surface area (TPSA) is 78.0 Å². The monoisotopic (exact) mass is 469 g/mol. The number of carbonyl (C=O) groups is 2. The molecule has 180 valence electrons. The lowest BCUT2D eigenvalue weighted by molar-refractivity contribution is -0.137. The Kier molecular flexibility index (Phi) is 10.1. The first-order chi connectivity index (χ1) is 15.2. The minimum absolute atomic E-state index is 0.00968. The molecule has 2 amide bonds. The Morgan fingerprint density at radius 1 is 1.06 bits per heavy atom. The fraction of sp³-hybridized carbons (Fsp3) is 0.652. The van der Waals surface area contributed by atoms with Crippen LogP contribution in [0.3, 0.4) is 0 Å². The third-order valence-electron chi connectivity index (χ3n) is 5.79. The zero-order valence-corrected chi connectivity index (χ0v) is 20.2. The number of nitrogens with zero attached hydrogens (tertiary/aromatic N) is 3. The summed E-state index contributed by atoms with van der Waals surface area (Å²) in [7, 11) is -3.51. The molecule has 0 spiro atoms. The van der Waals surface area contributed by atoms with E-state index in [1.807, 2.05) is 18.7 Å².